The minimum atomic E-state index is -0.0435. The van der Waals surface area contributed by atoms with Gasteiger partial charge in [-0.25, -0.2) is 0 Å². The van der Waals surface area contributed by atoms with E-state index in [-0.39, 0.29) is 24.7 Å². The fourth-order valence-corrected chi connectivity index (χ4v) is 1.50. The molecule has 0 bridgehead atoms. The van der Waals surface area contributed by atoms with Crippen LogP contribution in [0, 0.1) is 5.92 Å². The standard InChI is InChI=1S/C12H24N2O2S/c1-10(2)6-7-13-11(15)4-5-12(16)14-8-9-17-3/h10H,4-9H2,1-3H3,(H,13,15)(H,14,16). The number of rotatable bonds is 9. The molecule has 0 saturated heterocycles. The van der Waals surface area contributed by atoms with Crippen LogP contribution in [0.3, 0.4) is 0 Å². The number of amides is 2. The molecule has 17 heavy (non-hydrogen) atoms. The molecule has 0 aromatic carbocycles. The molecule has 2 N–H and O–H groups in total. The summed E-state index contributed by atoms with van der Waals surface area (Å²) in [5.41, 5.74) is 0. The molecule has 2 amide bonds. The summed E-state index contributed by atoms with van der Waals surface area (Å²) in [5.74, 6) is 1.42. The smallest absolute Gasteiger partial charge is 0.220 e. The first-order valence-corrected chi connectivity index (χ1v) is 7.48. The molecular formula is C12H24N2O2S. The zero-order valence-corrected chi connectivity index (χ0v) is 11.9. The first-order valence-electron chi connectivity index (χ1n) is 6.08. The van der Waals surface area contributed by atoms with Gasteiger partial charge in [0.1, 0.15) is 0 Å². The van der Waals surface area contributed by atoms with Crippen LogP contribution in [0.25, 0.3) is 0 Å². The van der Waals surface area contributed by atoms with Crippen molar-refractivity contribution in [3.63, 3.8) is 0 Å². The van der Waals surface area contributed by atoms with E-state index < -0.39 is 0 Å². The Balaban J connectivity index is 3.45. The van der Waals surface area contributed by atoms with Gasteiger partial charge >= 0.3 is 0 Å². The molecule has 0 heterocycles. The van der Waals surface area contributed by atoms with E-state index >= 15 is 0 Å². The highest BCUT2D eigenvalue weighted by Gasteiger charge is 2.06. The highest BCUT2D eigenvalue weighted by atomic mass is 32.2. The van der Waals surface area contributed by atoms with Crippen LogP contribution in [-0.2, 0) is 9.59 Å². The Kier molecular flexibility index (Phi) is 10.0. The summed E-state index contributed by atoms with van der Waals surface area (Å²) in [5, 5.41) is 5.59. The molecular weight excluding hydrogens is 236 g/mol. The third-order valence-corrected chi connectivity index (χ3v) is 2.86. The molecule has 100 valence electrons. The topological polar surface area (TPSA) is 58.2 Å². The van der Waals surface area contributed by atoms with E-state index in [0.717, 1.165) is 12.2 Å². The summed E-state index contributed by atoms with van der Waals surface area (Å²) in [6.45, 7) is 5.61. The van der Waals surface area contributed by atoms with Crippen molar-refractivity contribution < 1.29 is 9.59 Å². The highest BCUT2D eigenvalue weighted by molar-refractivity contribution is 7.98. The molecule has 0 aliphatic rings. The molecule has 0 aromatic rings. The van der Waals surface area contributed by atoms with Crippen molar-refractivity contribution in [2.75, 3.05) is 25.1 Å². The van der Waals surface area contributed by atoms with Crippen molar-refractivity contribution in [1.82, 2.24) is 10.6 Å². The Morgan fingerprint density at radius 2 is 1.59 bits per heavy atom. The molecule has 0 spiro atoms. The van der Waals surface area contributed by atoms with Crippen molar-refractivity contribution in [2.24, 2.45) is 5.92 Å². The molecule has 0 aliphatic carbocycles. The molecule has 4 nitrogen and oxygen atoms in total. The quantitative estimate of drug-likeness (QED) is 0.616. The zero-order chi connectivity index (χ0) is 13.1. The summed E-state index contributed by atoms with van der Waals surface area (Å²) >= 11 is 1.69. The van der Waals surface area contributed by atoms with Crippen LogP contribution in [-0.4, -0.2) is 36.9 Å². The van der Waals surface area contributed by atoms with Gasteiger partial charge in [0.15, 0.2) is 0 Å². The van der Waals surface area contributed by atoms with Crippen LogP contribution < -0.4 is 10.6 Å². The number of hydrogen-bond donors (Lipinski definition) is 2. The predicted molar refractivity (Wildman–Crippen MR) is 73.1 cm³/mol. The minimum Gasteiger partial charge on any atom is -0.356 e. The molecule has 0 aliphatic heterocycles. The summed E-state index contributed by atoms with van der Waals surface area (Å²) in [7, 11) is 0. The van der Waals surface area contributed by atoms with E-state index in [0.29, 0.717) is 19.0 Å². The van der Waals surface area contributed by atoms with Crippen molar-refractivity contribution in [3.8, 4) is 0 Å². The number of carbonyl (C=O) groups is 2. The molecule has 5 heteroatoms. The van der Waals surface area contributed by atoms with Crippen LogP contribution >= 0.6 is 11.8 Å². The van der Waals surface area contributed by atoms with Gasteiger partial charge in [0, 0.05) is 31.7 Å². The summed E-state index contributed by atoms with van der Waals surface area (Å²) in [4.78, 5) is 22.7. The van der Waals surface area contributed by atoms with Gasteiger partial charge in [0.05, 0.1) is 0 Å². The molecule has 0 unspecified atom stereocenters. The number of thioether (sulfide) groups is 1. The molecule has 0 atom stereocenters. The van der Waals surface area contributed by atoms with Crippen molar-refractivity contribution >= 4 is 23.6 Å². The monoisotopic (exact) mass is 260 g/mol. The van der Waals surface area contributed by atoms with Crippen LogP contribution in [0.2, 0.25) is 0 Å². The fraction of sp³-hybridized carbons (Fsp3) is 0.833. The normalized spacial score (nSPS) is 10.4. The average Bonchev–Trinajstić information content (AvgIpc) is 2.26. The number of hydrogen-bond acceptors (Lipinski definition) is 3. The molecule has 0 radical (unpaired) electrons. The third-order valence-electron chi connectivity index (χ3n) is 2.25. The van der Waals surface area contributed by atoms with E-state index in [1.54, 1.807) is 11.8 Å². The van der Waals surface area contributed by atoms with E-state index in [2.05, 4.69) is 24.5 Å². The highest BCUT2D eigenvalue weighted by Crippen LogP contribution is 1.97. The van der Waals surface area contributed by atoms with Crippen molar-refractivity contribution in [1.29, 1.82) is 0 Å². The van der Waals surface area contributed by atoms with E-state index in [9.17, 15) is 9.59 Å². The zero-order valence-electron chi connectivity index (χ0n) is 11.0. The van der Waals surface area contributed by atoms with Gasteiger partial charge in [-0.15, -0.1) is 0 Å². The average molecular weight is 260 g/mol. The van der Waals surface area contributed by atoms with Gasteiger partial charge in [-0.3, -0.25) is 9.59 Å². The van der Waals surface area contributed by atoms with E-state index in [1.165, 1.54) is 0 Å². The van der Waals surface area contributed by atoms with Crippen LogP contribution in [0.4, 0.5) is 0 Å². The summed E-state index contributed by atoms with van der Waals surface area (Å²) in [6, 6.07) is 0. The maximum atomic E-state index is 11.4. The van der Waals surface area contributed by atoms with Gasteiger partial charge in [0.25, 0.3) is 0 Å². The lowest BCUT2D eigenvalue weighted by molar-refractivity contribution is -0.126. The van der Waals surface area contributed by atoms with Crippen molar-refractivity contribution in [2.45, 2.75) is 33.1 Å². The lowest BCUT2D eigenvalue weighted by atomic mass is 10.1. The van der Waals surface area contributed by atoms with Crippen LogP contribution in [0.5, 0.6) is 0 Å². The van der Waals surface area contributed by atoms with E-state index in [4.69, 9.17) is 0 Å². The molecule has 0 rings (SSSR count). The van der Waals surface area contributed by atoms with Crippen LogP contribution in [0.15, 0.2) is 0 Å². The molecule has 0 fully saturated rings. The Bertz CT molecular complexity index is 233. The molecule has 0 saturated carbocycles. The maximum Gasteiger partial charge on any atom is 0.220 e. The summed E-state index contributed by atoms with van der Waals surface area (Å²) in [6.07, 6.45) is 3.53. The first-order chi connectivity index (χ1) is 8.06. The number of nitrogens with one attached hydrogen (secondary N) is 2. The minimum absolute atomic E-state index is 0.0364. The Labute approximate surface area is 108 Å². The van der Waals surface area contributed by atoms with Crippen LogP contribution in [0.1, 0.15) is 33.1 Å². The van der Waals surface area contributed by atoms with Gasteiger partial charge in [0.2, 0.25) is 11.8 Å². The number of carbonyl (C=O) groups excluding carboxylic acids is 2. The van der Waals surface area contributed by atoms with Crippen molar-refractivity contribution in [3.05, 3.63) is 0 Å². The van der Waals surface area contributed by atoms with E-state index in [1.807, 2.05) is 6.26 Å². The van der Waals surface area contributed by atoms with Gasteiger partial charge in [-0.2, -0.15) is 11.8 Å². The third kappa shape index (κ3) is 11.6. The van der Waals surface area contributed by atoms with Gasteiger partial charge in [-0.1, -0.05) is 13.8 Å². The first kappa shape index (κ1) is 16.3. The second-order valence-electron chi connectivity index (χ2n) is 4.38. The summed E-state index contributed by atoms with van der Waals surface area (Å²) < 4.78 is 0. The maximum absolute atomic E-state index is 11.4. The Morgan fingerprint density at radius 3 is 2.06 bits per heavy atom. The van der Waals surface area contributed by atoms with Gasteiger partial charge < -0.3 is 10.6 Å². The second kappa shape index (κ2) is 10.4. The lowest BCUT2D eigenvalue weighted by Gasteiger charge is -2.07. The second-order valence-corrected chi connectivity index (χ2v) is 5.36. The predicted octanol–water partition coefficient (Wildman–Crippen LogP) is 1.41. The SMILES string of the molecule is CSCCNC(=O)CCC(=O)NCCC(C)C. The Morgan fingerprint density at radius 1 is 1.06 bits per heavy atom. The fourth-order valence-electron chi connectivity index (χ4n) is 1.20. The Hall–Kier alpha value is -0.710. The van der Waals surface area contributed by atoms with Gasteiger partial charge in [-0.05, 0) is 18.6 Å². The molecule has 0 aromatic heterocycles. The lowest BCUT2D eigenvalue weighted by Crippen LogP contribution is -2.29. The largest absolute Gasteiger partial charge is 0.356 e.